The van der Waals surface area contributed by atoms with E-state index >= 15 is 0 Å². The average Bonchev–Trinajstić information content (AvgIpc) is 2.83. The van der Waals surface area contributed by atoms with Crippen LogP contribution in [0.2, 0.25) is 0 Å². The van der Waals surface area contributed by atoms with Crippen LogP contribution in [-0.2, 0) is 16.6 Å². The van der Waals surface area contributed by atoms with Gasteiger partial charge in [0.1, 0.15) is 11.6 Å². The van der Waals surface area contributed by atoms with Crippen molar-refractivity contribution in [1.82, 2.24) is 0 Å². The molecule has 19 heavy (non-hydrogen) atoms. The van der Waals surface area contributed by atoms with Crippen LogP contribution >= 0.6 is 15.9 Å². The fraction of sp³-hybridized carbons (Fsp3) is 0.0909. The van der Waals surface area contributed by atoms with Crippen molar-refractivity contribution < 1.29 is 17.2 Å². The summed E-state index contributed by atoms with van der Waals surface area (Å²) in [4.78, 5) is 0. The molecule has 0 aliphatic carbocycles. The summed E-state index contributed by atoms with van der Waals surface area (Å²) in [7, 11) is -3.99. The van der Waals surface area contributed by atoms with Gasteiger partial charge in [-0.25, -0.2) is 4.39 Å². The van der Waals surface area contributed by atoms with Gasteiger partial charge in [-0.2, -0.15) is 8.42 Å². The Morgan fingerprint density at radius 3 is 2.63 bits per heavy atom. The highest BCUT2D eigenvalue weighted by molar-refractivity contribution is 9.10. The van der Waals surface area contributed by atoms with E-state index in [4.69, 9.17) is 10.2 Å². The number of hydrogen-bond donors (Lipinski definition) is 2. The number of nitrogens with one attached hydrogen (secondary N) is 1. The van der Waals surface area contributed by atoms with Crippen LogP contribution < -0.4 is 10.5 Å². The molecule has 2 aromatic rings. The van der Waals surface area contributed by atoms with Crippen molar-refractivity contribution >= 4 is 31.6 Å². The molecule has 102 valence electrons. The summed E-state index contributed by atoms with van der Waals surface area (Å²) in [6.07, 6.45) is 0. The standard InChI is InChI=1S/C11H10BrFN2O3S/c12-8-2-1-3-9(13)11(8)15-19(16,17)10-5-4-7(6-14)18-10/h1-5,15H,6,14H2. The van der Waals surface area contributed by atoms with Crippen LogP contribution in [0.3, 0.4) is 0 Å². The summed E-state index contributed by atoms with van der Waals surface area (Å²) in [5.41, 5.74) is 5.16. The second-order valence-corrected chi connectivity index (χ2v) is 6.09. The van der Waals surface area contributed by atoms with Crippen LogP contribution in [0.4, 0.5) is 10.1 Å². The van der Waals surface area contributed by atoms with Crippen LogP contribution in [-0.4, -0.2) is 8.42 Å². The molecule has 0 saturated carbocycles. The molecule has 0 aliphatic rings. The third kappa shape index (κ3) is 2.96. The molecule has 0 fully saturated rings. The first kappa shape index (κ1) is 14.0. The molecule has 1 heterocycles. The summed E-state index contributed by atoms with van der Waals surface area (Å²) in [5, 5.41) is -0.317. The third-order valence-electron chi connectivity index (χ3n) is 2.30. The van der Waals surface area contributed by atoms with Gasteiger partial charge in [-0.1, -0.05) is 6.07 Å². The van der Waals surface area contributed by atoms with Gasteiger partial charge in [-0.3, -0.25) is 4.72 Å². The third-order valence-corrected chi connectivity index (χ3v) is 4.19. The summed E-state index contributed by atoms with van der Waals surface area (Å²) in [5.74, 6) is -0.364. The van der Waals surface area contributed by atoms with E-state index in [1.165, 1.54) is 24.3 Å². The van der Waals surface area contributed by atoms with Gasteiger partial charge in [0.2, 0.25) is 5.09 Å². The molecule has 0 unspecified atom stereocenters. The zero-order valence-electron chi connectivity index (χ0n) is 9.56. The molecule has 2 rings (SSSR count). The number of halogens is 2. The molecule has 0 aliphatic heterocycles. The molecule has 8 heteroatoms. The van der Waals surface area contributed by atoms with Gasteiger partial charge in [0.05, 0.1) is 12.2 Å². The number of hydrogen-bond acceptors (Lipinski definition) is 4. The van der Waals surface area contributed by atoms with Crippen molar-refractivity contribution in [1.29, 1.82) is 0 Å². The lowest BCUT2D eigenvalue weighted by Gasteiger charge is -2.08. The number of sulfonamides is 1. The highest BCUT2D eigenvalue weighted by atomic mass is 79.9. The van der Waals surface area contributed by atoms with E-state index in [1.54, 1.807) is 0 Å². The number of nitrogens with two attached hydrogens (primary N) is 1. The number of benzene rings is 1. The van der Waals surface area contributed by atoms with Gasteiger partial charge in [-0.15, -0.1) is 0 Å². The van der Waals surface area contributed by atoms with E-state index in [0.717, 1.165) is 6.07 Å². The summed E-state index contributed by atoms with van der Waals surface area (Å²) < 4.78 is 45.0. The molecule has 1 aromatic heterocycles. The van der Waals surface area contributed by atoms with E-state index in [1.807, 2.05) is 0 Å². The van der Waals surface area contributed by atoms with Gasteiger partial charge in [-0.05, 0) is 40.2 Å². The fourth-order valence-corrected chi connectivity index (χ4v) is 3.01. The topological polar surface area (TPSA) is 85.3 Å². The van der Waals surface area contributed by atoms with Crippen LogP contribution in [0.25, 0.3) is 0 Å². The number of rotatable bonds is 4. The summed E-state index contributed by atoms with van der Waals surface area (Å²) >= 11 is 3.07. The maximum atomic E-state index is 13.6. The zero-order valence-corrected chi connectivity index (χ0v) is 12.0. The van der Waals surface area contributed by atoms with E-state index in [-0.39, 0.29) is 17.3 Å². The highest BCUT2D eigenvalue weighted by Gasteiger charge is 2.21. The van der Waals surface area contributed by atoms with Crippen molar-refractivity contribution in [2.24, 2.45) is 5.73 Å². The van der Waals surface area contributed by atoms with E-state index in [2.05, 4.69) is 20.7 Å². The second kappa shape index (κ2) is 5.32. The van der Waals surface area contributed by atoms with E-state index in [0.29, 0.717) is 10.2 Å². The lowest BCUT2D eigenvalue weighted by molar-refractivity contribution is 0.417. The molecule has 1 aromatic carbocycles. The first-order chi connectivity index (χ1) is 8.94. The first-order valence-corrected chi connectivity index (χ1v) is 7.47. The van der Waals surface area contributed by atoms with Crippen molar-refractivity contribution in [2.45, 2.75) is 11.6 Å². The minimum atomic E-state index is -3.99. The van der Waals surface area contributed by atoms with Gasteiger partial charge >= 0.3 is 0 Å². The van der Waals surface area contributed by atoms with E-state index < -0.39 is 15.8 Å². The number of para-hydroxylation sites is 1. The molecule has 0 bridgehead atoms. The summed E-state index contributed by atoms with van der Waals surface area (Å²) in [6.45, 7) is 0.0823. The van der Waals surface area contributed by atoms with Crippen molar-refractivity contribution in [3.8, 4) is 0 Å². The van der Waals surface area contributed by atoms with Crippen LogP contribution in [0.1, 0.15) is 5.76 Å². The lowest BCUT2D eigenvalue weighted by Crippen LogP contribution is -2.13. The zero-order chi connectivity index (χ0) is 14.0. The Hall–Kier alpha value is -1.38. The Morgan fingerprint density at radius 2 is 2.05 bits per heavy atom. The highest BCUT2D eigenvalue weighted by Crippen LogP contribution is 2.28. The second-order valence-electron chi connectivity index (χ2n) is 3.63. The van der Waals surface area contributed by atoms with Gasteiger partial charge in [0.15, 0.2) is 0 Å². The van der Waals surface area contributed by atoms with Crippen LogP contribution in [0.15, 0.2) is 44.3 Å². The smallest absolute Gasteiger partial charge is 0.295 e. The number of anilines is 1. The normalized spacial score (nSPS) is 11.5. The quantitative estimate of drug-likeness (QED) is 0.888. The molecule has 3 N–H and O–H groups in total. The maximum Gasteiger partial charge on any atom is 0.295 e. The molecule has 0 amide bonds. The predicted molar refractivity (Wildman–Crippen MR) is 71.5 cm³/mol. The SMILES string of the molecule is NCc1ccc(S(=O)(=O)Nc2c(F)cccc2Br)o1. The Morgan fingerprint density at radius 1 is 1.32 bits per heavy atom. The van der Waals surface area contributed by atoms with Crippen molar-refractivity contribution in [3.05, 3.63) is 46.4 Å². The van der Waals surface area contributed by atoms with Crippen LogP contribution in [0, 0.1) is 5.82 Å². The van der Waals surface area contributed by atoms with Gasteiger partial charge in [0.25, 0.3) is 10.0 Å². The minimum absolute atomic E-state index is 0.0823. The average molecular weight is 349 g/mol. The van der Waals surface area contributed by atoms with Gasteiger partial charge < -0.3 is 10.2 Å². The largest absolute Gasteiger partial charge is 0.446 e. The lowest BCUT2D eigenvalue weighted by atomic mass is 10.3. The van der Waals surface area contributed by atoms with E-state index in [9.17, 15) is 12.8 Å². The Labute approximate surface area is 117 Å². The molecule has 0 atom stereocenters. The predicted octanol–water partition coefficient (Wildman–Crippen LogP) is 2.44. The minimum Gasteiger partial charge on any atom is -0.446 e. The molecule has 5 nitrogen and oxygen atoms in total. The molecule has 0 saturated heterocycles. The fourth-order valence-electron chi connectivity index (χ4n) is 1.39. The first-order valence-electron chi connectivity index (χ1n) is 5.19. The Balaban J connectivity index is 2.36. The number of furan rings is 1. The molecular weight excluding hydrogens is 339 g/mol. The van der Waals surface area contributed by atoms with Crippen molar-refractivity contribution in [2.75, 3.05) is 4.72 Å². The van der Waals surface area contributed by atoms with Crippen molar-refractivity contribution in [3.63, 3.8) is 0 Å². The molecule has 0 radical (unpaired) electrons. The summed E-state index contributed by atoms with van der Waals surface area (Å²) in [6, 6.07) is 6.84. The monoisotopic (exact) mass is 348 g/mol. The molecule has 0 spiro atoms. The Bertz CT molecular complexity index is 679. The van der Waals surface area contributed by atoms with Crippen LogP contribution in [0.5, 0.6) is 0 Å². The van der Waals surface area contributed by atoms with Gasteiger partial charge in [0, 0.05) is 4.47 Å². The maximum absolute atomic E-state index is 13.6. The Kier molecular flexibility index (Phi) is 3.93. The molecular formula is C11H10BrFN2O3S.